The van der Waals surface area contributed by atoms with Crippen LogP contribution in [0.25, 0.3) is 16.6 Å². The molecule has 0 saturated carbocycles. The zero-order valence-electron chi connectivity index (χ0n) is 13.6. The summed E-state index contributed by atoms with van der Waals surface area (Å²) in [6, 6.07) is 20.0. The molecule has 0 bridgehead atoms. The Balaban J connectivity index is 1.82. The maximum atomic E-state index is 12.2. The van der Waals surface area contributed by atoms with Gasteiger partial charge in [-0.05, 0) is 30.3 Å². The minimum atomic E-state index is -0.497. The zero-order valence-corrected chi connectivity index (χ0v) is 13.6. The van der Waals surface area contributed by atoms with Crippen molar-refractivity contribution in [2.45, 2.75) is 0 Å². The number of rotatable bonds is 3. The van der Waals surface area contributed by atoms with Gasteiger partial charge in [0.15, 0.2) is 5.69 Å². The number of aromatic hydroxyl groups is 1. The number of para-hydroxylation sites is 2. The van der Waals surface area contributed by atoms with Gasteiger partial charge in [0.05, 0.1) is 5.52 Å². The molecule has 0 aliphatic heterocycles. The van der Waals surface area contributed by atoms with Crippen molar-refractivity contribution in [2.24, 2.45) is 10.2 Å². The second-order valence-corrected chi connectivity index (χ2v) is 5.60. The maximum absolute atomic E-state index is 12.2. The number of fused-ring (bicyclic) bond motifs is 1. The molecule has 0 aliphatic rings. The summed E-state index contributed by atoms with van der Waals surface area (Å²) in [5, 5.41) is 19.3. The van der Waals surface area contributed by atoms with Crippen molar-refractivity contribution in [1.82, 2.24) is 9.55 Å². The van der Waals surface area contributed by atoms with Crippen LogP contribution in [0.3, 0.4) is 0 Å². The fraction of sp³-hybridized carbons (Fsp3) is 0. The molecule has 1 N–H and O–H groups in total. The predicted molar refractivity (Wildman–Crippen MR) is 98.0 cm³/mol. The molecule has 0 fully saturated rings. The van der Waals surface area contributed by atoms with E-state index < -0.39 is 5.91 Å². The van der Waals surface area contributed by atoms with Gasteiger partial charge in [-0.15, -0.1) is 10.2 Å². The van der Waals surface area contributed by atoms with Crippen LogP contribution < -0.4 is 0 Å². The van der Waals surface area contributed by atoms with Gasteiger partial charge in [0, 0.05) is 29.0 Å². The Bertz CT molecular complexity index is 1100. The van der Waals surface area contributed by atoms with Gasteiger partial charge in [0.2, 0.25) is 5.88 Å². The molecule has 26 heavy (non-hydrogen) atoms. The van der Waals surface area contributed by atoms with E-state index in [0.29, 0.717) is 10.9 Å². The second-order valence-electron chi connectivity index (χ2n) is 5.60. The monoisotopic (exact) mass is 342 g/mol. The number of pyridine rings is 1. The van der Waals surface area contributed by atoms with Gasteiger partial charge in [0.25, 0.3) is 5.91 Å². The average Bonchev–Trinajstić information content (AvgIpc) is 2.99. The highest BCUT2D eigenvalue weighted by molar-refractivity contribution is 5.98. The van der Waals surface area contributed by atoms with Gasteiger partial charge >= 0.3 is 0 Å². The SMILES string of the molecule is O=C(N=Nc1c(O)n(-c2ccccc2)c2ccccc12)c1ccncc1. The summed E-state index contributed by atoms with van der Waals surface area (Å²) in [6.07, 6.45) is 3.03. The quantitative estimate of drug-likeness (QED) is 0.550. The number of nitrogens with zero attached hydrogens (tertiary/aromatic N) is 4. The number of benzene rings is 2. The molecule has 2 heterocycles. The van der Waals surface area contributed by atoms with E-state index in [1.54, 1.807) is 16.7 Å². The van der Waals surface area contributed by atoms with E-state index in [9.17, 15) is 9.90 Å². The first-order valence-corrected chi connectivity index (χ1v) is 7.99. The van der Waals surface area contributed by atoms with E-state index >= 15 is 0 Å². The molecule has 126 valence electrons. The Labute approximate surface area is 149 Å². The summed E-state index contributed by atoms with van der Waals surface area (Å²) < 4.78 is 1.68. The molecule has 2 aromatic carbocycles. The van der Waals surface area contributed by atoms with Crippen LogP contribution in [0.4, 0.5) is 5.69 Å². The maximum Gasteiger partial charge on any atom is 0.295 e. The molecule has 4 aromatic rings. The number of carbonyl (C=O) groups excluding carboxylic acids is 1. The summed E-state index contributed by atoms with van der Waals surface area (Å²) in [5.74, 6) is -0.563. The highest BCUT2D eigenvalue weighted by Crippen LogP contribution is 2.40. The van der Waals surface area contributed by atoms with Gasteiger partial charge in [0.1, 0.15) is 0 Å². The Kier molecular flexibility index (Phi) is 3.99. The third-order valence-electron chi connectivity index (χ3n) is 4.01. The standard InChI is InChI=1S/C20H14N4O2/c25-19(14-10-12-21-13-11-14)23-22-18-16-8-4-5-9-17(16)24(20(18)26)15-6-2-1-3-7-15/h1-13,26H. The summed E-state index contributed by atoms with van der Waals surface area (Å²) in [4.78, 5) is 16.0. The molecule has 0 atom stereocenters. The third kappa shape index (κ3) is 2.73. The molecular weight excluding hydrogens is 328 g/mol. The lowest BCUT2D eigenvalue weighted by Gasteiger charge is -2.06. The number of hydrogen-bond acceptors (Lipinski definition) is 4. The number of amides is 1. The first-order valence-electron chi connectivity index (χ1n) is 7.99. The lowest BCUT2D eigenvalue weighted by Crippen LogP contribution is -1.93. The first-order chi connectivity index (χ1) is 12.8. The highest BCUT2D eigenvalue weighted by atomic mass is 16.3. The van der Waals surface area contributed by atoms with E-state index in [1.807, 2.05) is 54.6 Å². The largest absolute Gasteiger partial charge is 0.493 e. The normalized spacial score (nSPS) is 11.2. The average molecular weight is 342 g/mol. The number of hydrogen-bond donors (Lipinski definition) is 1. The van der Waals surface area contributed by atoms with Gasteiger partial charge in [-0.2, -0.15) is 0 Å². The first kappa shape index (κ1) is 15.7. The molecule has 0 radical (unpaired) electrons. The molecule has 0 spiro atoms. The summed E-state index contributed by atoms with van der Waals surface area (Å²) in [6.45, 7) is 0. The highest BCUT2D eigenvalue weighted by Gasteiger charge is 2.17. The van der Waals surface area contributed by atoms with E-state index in [-0.39, 0.29) is 11.6 Å². The van der Waals surface area contributed by atoms with Crippen LogP contribution in [0.5, 0.6) is 5.88 Å². The van der Waals surface area contributed by atoms with Gasteiger partial charge in [-0.1, -0.05) is 36.4 Å². The van der Waals surface area contributed by atoms with Crippen molar-refractivity contribution in [1.29, 1.82) is 0 Å². The Hall–Kier alpha value is -3.80. The molecular formula is C20H14N4O2. The summed E-state index contributed by atoms with van der Waals surface area (Å²) in [7, 11) is 0. The van der Waals surface area contributed by atoms with Crippen LogP contribution in [-0.4, -0.2) is 20.6 Å². The van der Waals surface area contributed by atoms with E-state index in [0.717, 1.165) is 11.2 Å². The fourth-order valence-electron chi connectivity index (χ4n) is 2.79. The third-order valence-corrected chi connectivity index (χ3v) is 4.01. The molecule has 0 unspecified atom stereocenters. The van der Waals surface area contributed by atoms with Crippen LogP contribution in [0.15, 0.2) is 89.4 Å². The van der Waals surface area contributed by atoms with Gasteiger partial charge < -0.3 is 5.11 Å². The number of azo groups is 1. The molecule has 6 heteroatoms. The summed E-state index contributed by atoms with van der Waals surface area (Å²) >= 11 is 0. The Morgan fingerprint density at radius 2 is 1.62 bits per heavy atom. The van der Waals surface area contributed by atoms with Crippen molar-refractivity contribution in [3.63, 3.8) is 0 Å². The molecule has 2 aromatic heterocycles. The Morgan fingerprint density at radius 3 is 2.38 bits per heavy atom. The van der Waals surface area contributed by atoms with Crippen LogP contribution in [0.1, 0.15) is 10.4 Å². The summed E-state index contributed by atoms with van der Waals surface area (Å²) in [5.41, 5.74) is 2.21. The van der Waals surface area contributed by atoms with Crippen molar-refractivity contribution in [3.8, 4) is 11.6 Å². The number of aromatic nitrogens is 2. The van der Waals surface area contributed by atoms with E-state index in [4.69, 9.17) is 0 Å². The minimum Gasteiger partial charge on any atom is -0.493 e. The van der Waals surface area contributed by atoms with Gasteiger partial charge in [-0.3, -0.25) is 14.3 Å². The second kappa shape index (κ2) is 6.60. The predicted octanol–water partition coefficient (Wildman–Crippen LogP) is 4.66. The Morgan fingerprint density at radius 1 is 0.923 bits per heavy atom. The number of carbonyl (C=O) groups is 1. The molecule has 6 nitrogen and oxygen atoms in total. The minimum absolute atomic E-state index is 0.0660. The van der Waals surface area contributed by atoms with Crippen LogP contribution in [0, 0.1) is 0 Å². The van der Waals surface area contributed by atoms with Crippen molar-refractivity contribution >= 4 is 22.5 Å². The van der Waals surface area contributed by atoms with Crippen molar-refractivity contribution in [3.05, 3.63) is 84.7 Å². The van der Waals surface area contributed by atoms with Crippen LogP contribution in [0.2, 0.25) is 0 Å². The lowest BCUT2D eigenvalue weighted by molar-refractivity contribution is 0.0995. The lowest BCUT2D eigenvalue weighted by atomic mass is 10.2. The molecule has 0 saturated heterocycles. The van der Waals surface area contributed by atoms with Crippen LogP contribution in [-0.2, 0) is 0 Å². The van der Waals surface area contributed by atoms with Crippen molar-refractivity contribution in [2.75, 3.05) is 0 Å². The molecule has 1 amide bonds. The van der Waals surface area contributed by atoms with Crippen molar-refractivity contribution < 1.29 is 9.90 Å². The van der Waals surface area contributed by atoms with E-state index in [1.165, 1.54) is 12.4 Å². The van der Waals surface area contributed by atoms with E-state index in [2.05, 4.69) is 15.2 Å². The van der Waals surface area contributed by atoms with Crippen LogP contribution >= 0.6 is 0 Å². The fourth-order valence-corrected chi connectivity index (χ4v) is 2.79. The topological polar surface area (TPSA) is 79.8 Å². The molecule has 0 aliphatic carbocycles. The smallest absolute Gasteiger partial charge is 0.295 e. The zero-order chi connectivity index (χ0) is 17.9. The van der Waals surface area contributed by atoms with Gasteiger partial charge in [-0.25, -0.2) is 0 Å². The molecule has 4 rings (SSSR count).